The van der Waals surface area contributed by atoms with E-state index < -0.39 is 0 Å². The topological polar surface area (TPSA) is 42.3 Å². The van der Waals surface area contributed by atoms with Crippen LogP contribution in [0.5, 0.6) is 0 Å². The minimum Gasteiger partial charge on any atom is -0.341 e. The van der Waals surface area contributed by atoms with Crippen LogP contribution in [0.15, 0.2) is 30.3 Å². The summed E-state index contributed by atoms with van der Waals surface area (Å²) in [6, 6.07) is 10.5. The van der Waals surface area contributed by atoms with Gasteiger partial charge in [0.2, 0.25) is 5.91 Å². The number of likely N-dealkylation sites (tertiary alicyclic amines) is 1. The quantitative estimate of drug-likeness (QED) is 0.758. The van der Waals surface area contributed by atoms with Gasteiger partial charge in [-0.2, -0.15) is 0 Å². The molecule has 0 unspecified atom stereocenters. The molecule has 0 saturated carbocycles. The zero-order valence-corrected chi connectivity index (χ0v) is 9.23. The van der Waals surface area contributed by atoms with Crippen molar-refractivity contribution in [3.05, 3.63) is 35.9 Å². The van der Waals surface area contributed by atoms with Crippen molar-refractivity contribution in [1.29, 1.82) is 0 Å². The van der Waals surface area contributed by atoms with Crippen molar-refractivity contribution >= 4 is 5.91 Å². The molecule has 2 heterocycles. The number of nitrogens with zero attached hydrogens (tertiary/aromatic N) is 1. The molecule has 2 saturated heterocycles. The lowest BCUT2D eigenvalue weighted by Crippen LogP contribution is -2.32. The number of hydrogen-bond acceptors (Lipinski definition) is 2. The molecule has 3 rings (SSSR count). The molecular weight excluding hydrogens is 200 g/mol. The van der Waals surface area contributed by atoms with Gasteiger partial charge in [0, 0.05) is 13.1 Å². The van der Waals surface area contributed by atoms with Crippen LogP contribution in [0.4, 0.5) is 0 Å². The van der Waals surface area contributed by atoms with E-state index in [1.54, 1.807) is 0 Å². The summed E-state index contributed by atoms with van der Waals surface area (Å²) < 4.78 is 0. The monoisotopic (exact) mass is 216 g/mol. The first kappa shape index (κ1) is 9.85. The van der Waals surface area contributed by atoms with E-state index in [1.165, 1.54) is 5.56 Å². The van der Waals surface area contributed by atoms with Gasteiger partial charge in [0.15, 0.2) is 0 Å². The van der Waals surface area contributed by atoms with Crippen LogP contribution in [0, 0.1) is 0 Å². The lowest BCUT2D eigenvalue weighted by Gasteiger charge is -2.13. The van der Waals surface area contributed by atoms with E-state index >= 15 is 0 Å². The molecule has 0 aliphatic carbocycles. The van der Waals surface area contributed by atoms with E-state index in [9.17, 15) is 4.79 Å². The Labute approximate surface area is 95.4 Å². The number of carbonyl (C=O) groups excluding carboxylic acids is 1. The molecule has 2 fully saturated rings. The third-order valence-electron chi connectivity index (χ3n) is 3.43. The zero-order chi connectivity index (χ0) is 11.0. The van der Waals surface area contributed by atoms with Gasteiger partial charge in [-0.05, 0) is 18.4 Å². The van der Waals surface area contributed by atoms with Crippen molar-refractivity contribution in [2.75, 3.05) is 13.1 Å². The van der Waals surface area contributed by atoms with E-state index in [0.717, 1.165) is 25.9 Å². The van der Waals surface area contributed by atoms with Gasteiger partial charge in [-0.25, -0.2) is 0 Å². The second-order valence-electron chi connectivity index (χ2n) is 4.57. The predicted molar refractivity (Wildman–Crippen MR) is 61.9 cm³/mol. The Kier molecular flexibility index (Phi) is 2.40. The average molecular weight is 216 g/mol. The first-order valence-corrected chi connectivity index (χ1v) is 5.96. The Balaban J connectivity index is 1.65. The van der Waals surface area contributed by atoms with Gasteiger partial charge in [-0.15, -0.1) is 0 Å². The van der Waals surface area contributed by atoms with Crippen LogP contribution in [0.2, 0.25) is 0 Å². The van der Waals surface area contributed by atoms with Gasteiger partial charge in [-0.3, -0.25) is 10.1 Å². The molecule has 2 aliphatic heterocycles. The second-order valence-corrected chi connectivity index (χ2v) is 4.57. The molecule has 1 amide bonds. The Morgan fingerprint density at radius 3 is 2.56 bits per heavy atom. The van der Waals surface area contributed by atoms with E-state index in [-0.39, 0.29) is 18.0 Å². The molecule has 2 atom stereocenters. The minimum absolute atomic E-state index is 0.0282. The van der Waals surface area contributed by atoms with Gasteiger partial charge in [0.05, 0.1) is 6.04 Å². The lowest BCUT2D eigenvalue weighted by atomic mass is 10.1. The van der Waals surface area contributed by atoms with Crippen LogP contribution in [-0.4, -0.2) is 29.9 Å². The molecule has 1 N–H and O–H groups in total. The zero-order valence-electron chi connectivity index (χ0n) is 9.23. The highest BCUT2D eigenvalue weighted by molar-refractivity contribution is 5.86. The summed E-state index contributed by atoms with van der Waals surface area (Å²) in [5.74, 6) is 0.284. The van der Waals surface area contributed by atoms with Gasteiger partial charge in [-0.1, -0.05) is 30.3 Å². The van der Waals surface area contributed by atoms with E-state index in [1.807, 2.05) is 23.1 Å². The minimum atomic E-state index is 0.0282. The number of rotatable bonds is 2. The summed E-state index contributed by atoms with van der Waals surface area (Å²) >= 11 is 0. The number of amides is 1. The van der Waals surface area contributed by atoms with E-state index in [4.69, 9.17) is 0 Å². The first-order chi connectivity index (χ1) is 7.86. The molecule has 3 heteroatoms. The van der Waals surface area contributed by atoms with Crippen LogP contribution in [-0.2, 0) is 4.79 Å². The number of nitrogens with one attached hydrogen (secondary N) is 1. The summed E-state index contributed by atoms with van der Waals surface area (Å²) in [6.07, 6.45) is 2.32. The van der Waals surface area contributed by atoms with Crippen molar-refractivity contribution in [2.45, 2.75) is 24.9 Å². The van der Waals surface area contributed by atoms with Crippen LogP contribution in [0.1, 0.15) is 24.4 Å². The highest BCUT2D eigenvalue weighted by atomic mass is 16.2. The Morgan fingerprint density at radius 1 is 1.19 bits per heavy atom. The maximum Gasteiger partial charge on any atom is 0.241 e. The van der Waals surface area contributed by atoms with Crippen molar-refractivity contribution in [1.82, 2.24) is 10.2 Å². The van der Waals surface area contributed by atoms with Crippen molar-refractivity contribution in [3.8, 4) is 0 Å². The van der Waals surface area contributed by atoms with Crippen LogP contribution in [0.3, 0.4) is 0 Å². The van der Waals surface area contributed by atoms with Crippen LogP contribution < -0.4 is 5.32 Å². The van der Waals surface area contributed by atoms with Crippen molar-refractivity contribution in [3.63, 3.8) is 0 Å². The Bertz CT molecular complexity index is 384. The normalized spacial score (nSPS) is 28.1. The predicted octanol–water partition coefficient (Wildman–Crippen LogP) is 1.32. The van der Waals surface area contributed by atoms with Crippen LogP contribution in [0.25, 0.3) is 0 Å². The molecule has 0 aromatic heterocycles. The molecule has 0 radical (unpaired) electrons. The molecule has 1 aromatic carbocycles. The van der Waals surface area contributed by atoms with E-state index in [2.05, 4.69) is 17.4 Å². The molecule has 0 spiro atoms. The summed E-state index contributed by atoms with van der Waals surface area (Å²) in [4.78, 5) is 14.0. The fourth-order valence-electron chi connectivity index (χ4n) is 2.44. The highest BCUT2D eigenvalue weighted by Gasteiger charge is 2.45. The summed E-state index contributed by atoms with van der Waals surface area (Å²) in [7, 11) is 0. The SMILES string of the molecule is O=C([C@H]1N[C@@H]1c1ccccc1)N1CCCC1. The summed E-state index contributed by atoms with van der Waals surface area (Å²) in [6.45, 7) is 1.89. The lowest BCUT2D eigenvalue weighted by molar-refractivity contribution is -0.129. The fourth-order valence-corrected chi connectivity index (χ4v) is 2.44. The first-order valence-electron chi connectivity index (χ1n) is 5.96. The van der Waals surface area contributed by atoms with Gasteiger partial charge in [0.25, 0.3) is 0 Å². The molecule has 84 valence electrons. The Morgan fingerprint density at radius 2 is 1.88 bits per heavy atom. The van der Waals surface area contributed by atoms with Gasteiger partial charge in [0.1, 0.15) is 6.04 Å². The smallest absolute Gasteiger partial charge is 0.241 e. The van der Waals surface area contributed by atoms with Gasteiger partial charge < -0.3 is 4.90 Å². The molecule has 16 heavy (non-hydrogen) atoms. The molecular formula is C13H16N2O. The van der Waals surface area contributed by atoms with Crippen LogP contribution >= 0.6 is 0 Å². The third kappa shape index (κ3) is 1.71. The largest absolute Gasteiger partial charge is 0.341 e. The number of benzene rings is 1. The molecule has 2 aliphatic rings. The molecule has 3 nitrogen and oxygen atoms in total. The Hall–Kier alpha value is -1.35. The number of hydrogen-bond donors (Lipinski definition) is 1. The standard InChI is InChI=1S/C13H16N2O/c16-13(15-8-4-5-9-15)12-11(14-12)10-6-2-1-3-7-10/h1-3,6-7,11-12,14H,4-5,8-9H2/t11-,12+/m1/s1. The molecule has 0 bridgehead atoms. The van der Waals surface area contributed by atoms with Crippen molar-refractivity contribution in [2.24, 2.45) is 0 Å². The van der Waals surface area contributed by atoms with Gasteiger partial charge >= 0.3 is 0 Å². The second kappa shape index (κ2) is 3.91. The number of carbonyl (C=O) groups is 1. The maximum atomic E-state index is 12.1. The third-order valence-corrected chi connectivity index (χ3v) is 3.43. The van der Waals surface area contributed by atoms with E-state index in [0.29, 0.717) is 0 Å². The fraction of sp³-hybridized carbons (Fsp3) is 0.462. The average Bonchev–Trinajstić information content (AvgIpc) is 2.95. The summed E-state index contributed by atoms with van der Waals surface area (Å²) in [5.41, 5.74) is 1.22. The highest BCUT2D eigenvalue weighted by Crippen LogP contribution is 2.31. The summed E-state index contributed by atoms with van der Waals surface area (Å²) in [5, 5.41) is 3.27. The maximum absolute atomic E-state index is 12.1. The molecule has 1 aromatic rings. The van der Waals surface area contributed by atoms with Crippen molar-refractivity contribution < 1.29 is 4.79 Å².